The second-order valence-electron chi connectivity index (χ2n) is 8.90. The summed E-state index contributed by atoms with van der Waals surface area (Å²) in [6.45, 7) is 2.48. The van der Waals surface area contributed by atoms with Crippen LogP contribution >= 0.6 is 0 Å². The van der Waals surface area contributed by atoms with Crippen LogP contribution in [0.5, 0.6) is 5.75 Å². The Kier molecular flexibility index (Phi) is 6.79. The van der Waals surface area contributed by atoms with Gasteiger partial charge in [0.25, 0.3) is 5.91 Å². The number of H-pyrrole nitrogens is 1. The van der Waals surface area contributed by atoms with E-state index in [-0.39, 0.29) is 5.91 Å². The Bertz CT molecular complexity index is 1420. The van der Waals surface area contributed by atoms with Crippen molar-refractivity contribution in [1.29, 1.82) is 0 Å². The summed E-state index contributed by atoms with van der Waals surface area (Å²) >= 11 is 0. The minimum atomic E-state index is -0.125. The van der Waals surface area contributed by atoms with Crippen LogP contribution in [0, 0.1) is 0 Å². The Labute approximate surface area is 208 Å². The number of carbonyl (C=O) groups excluding carboxylic acids is 1. The highest BCUT2D eigenvalue weighted by Gasteiger charge is 2.15. The smallest absolute Gasteiger partial charge is 0.251 e. The van der Waals surface area contributed by atoms with E-state index in [9.17, 15) is 4.79 Å². The first-order valence-electron chi connectivity index (χ1n) is 11.8. The minimum Gasteiger partial charge on any atom is -0.491 e. The van der Waals surface area contributed by atoms with Crippen LogP contribution < -0.4 is 10.1 Å². The van der Waals surface area contributed by atoms with Gasteiger partial charge in [0.2, 0.25) is 0 Å². The van der Waals surface area contributed by atoms with Crippen molar-refractivity contribution in [2.24, 2.45) is 7.05 Å². The zero-order chi connectivity index (χ0) is 25.1. The number of aromatic amines is 1. The third kappa shape index (κ3) is 5.00. The van der Waals surface area contributed by atoms with E-state index in [1.165, 1.54) is 0 Å². The number of benzene rings is 1. The Morgan fingerprint density at radius 1 is 1.19 bits per heavy atom. The summed E-state index contributed by atoms with van der Waals surface area (Å²) < 4.78 is 13.7. The van der Waals surface area contributed by atoms with Crippen molar-refractivity contribution in [3.63, 3.8) is 0 Å². The largest absolute Gasteiger partial charge is 0.491 e. The highest BCUT2D eigenvalue weighted by atomic mass is 16.5. The fourth-order valence-corrected chi connectivity index (χ4v) is 4.05. The number of ether oxygens (including phenoxy) is 2. The first-order chi connectivity index (χ1) is 17.5. The highest BCUT2D eigenvalue weighted by molar-refractivity contribution is 5.96. The van der Waals surface area contributed by atoms with Crippen molar-refractivity contribution in [2.45, 2.75) is 6.61 Å². The lowest BCUT2D eigenvalue weighted by molar-refractivity contribution is 0.0852. The molecule has 2 N–H and O–H groups in total. The molecule has 0 saturated heterocycles. The van der Waals surface area contributed by atoms with Crippen molar-refractivity contribution < 1.29 is 14.3 Å². The third-order valence-electron chi connectivity index (χ3n) is 6.08. The Balaban J connectivity index is 1.51. The molecule has 0 radical (unpaired) electrons. The molecule has 10 heteroatoms. The van der Waals surface area contributed by atoms with E-state index >= 15 is 0 Å². The Hall–Kier alpha value is -4.02. The van der Waals surface area contributed by atoms with Crippen LogP contribution in [0.25, 0.3) is 34.3 Å². The molecule has 186 valence electrons. The molecular formula is C26H29N7O3. The Morgan fingerprint density at radius 3 is 2.94 bits per heavy atom. The van der Waals surface area contributed by atoms with Gasteiger partial charge >= 0.3 is 0 Å². The summed E-state index contributed by atoms with van der Waals surface area (Å²) in [6, 6.07) is 7.43. The summed E-state index contributed by atoms with van der Waals surface area (Å²) in [6.07, 6.45) is 7.41. The molecular weight excluding hydrogens is 458 g/mol. The van der Waals surface area contributed by atoms with E-state index in [1.54, 1.807) is 23.1 Å². The molecule has 1 aliphatic rings. The lowest BCUT2D eigenvalue weighted by atomic mass is 10.1. The molecule has 10 nitrogen and oxygen atoms in total. The number of hydrogen-bond donors (Lipinski definition) is 2. The predicted molar refractivity (Wildman–Crippen MR) is 137 cm³/mol. The number of hydrogen-bond acceptors (Lipinski definition) is 7. The van der Waals surface area contributed by atoms with Gasteiger partial charge in [0.05, 0.1) is 48.2 Å². The van der Waals surface area contributed by atoms with Crippen LogP contribution in [0.2, 0.25) is 0 Å². The van der Waals surface area contributed by atoms with Crippen LogP contribution in [0.15, 0.2) is 36.7 Å². The molecule has 1 aromatic carbocycles. The summed E-state index contributed by atoms with van der Waals surface area (Å²) in [5, 5.41) is 15.8. The van der Waals surface area contributed by atoms with Crippen molar-refractivity contribution in [3.8, 4) is 17.0 Å². The number of fused-ring (bicyclic) bond motifs is 4. The molecule has 5 rings (SSSR count). The van der Waals surface area contributed by atoms with Crippen molar-refractivity contribution >= 4 is 29.0 Å². The minimum absolute atomic E-state index is 0.125. The SMILES string of the molecule is CN(C)CCNC(=O)c1ccc2c(c1)/C=C/c1n[nH]c3cnc(cc13)-c1cnn(C)c1COCCO2. The molecule has 1 aliphatic heterocycles. The fraction of sp³-hybridized carbons (Fsp3) is 0.308. The van der Waals surface area contributed by atoms with E-state index in [2.05, 4.69) is 25.6 Å². The van der Waals surface area contributed by atoms with Crippen LogP contribution in [-0.2, 0) is 18.4 Å². The molecule has 1 amide bonds. The van der Waals surface area contributed by atoms with Gasteiger partial charge < -0.3 is 19.7 Å². The van der Waals surface area contributed by atoms with Gasteiger partial charge in [0, 0.05) is 42.2 Å². The van der Waals surface area contributed by atoms with Gasteiger partial charge in [-0.2, -0.15) is 10.2 Å². The second-order valence-corrected chi connectivity index (χ2v) is 8.90. The van der Waals surface area contributed by atoms with Crippen molar-refractivity contribution in [3.05, 3.63) is 59.2 Å². The number of aryl methyl sites for hydroxylation is 1. The summed E-state index contributed by atoms with van der Waals surface area (Å²) in [4.78, 5) is 19.3. The predicted octanol–water partition coefficient (Wildman–Crippen LogP) is 2.73. The zero-order valence-electron chi connectivity index (χ0n) is 20.6. The lowest BCUT2D eigenvalue weighted by Gasteiger charge is -2.13. The quantitative estimate of drug-likeness (QED) is 0.455. The molecule has 2 bridgehead atoms. The fourth-order valence-electron chi connectivity index (χ4n) is 4.05. The number of nitrogens with zero attached hydrogens (tertiary/aromatic N) is 5. The number of amides is 1. The van der Waals surface area contributed by atoms with E-state index in [0.29, 0.717) is 37.7 Å². The molecule has 4 heterocycles. The monoisotopic (exact) mass is 487 g/mol. The maximum Gasteiger partial charge on any atom is 0.251 e. The van der Waals surface area contributed by atoms with Crippen LogP contribution in [0.1, 0.15) is 27.3 Å². The van der Waals surface area contributed by atoms with Crippen LogP contribution in [0.3, 0.4) is 0 Å². The van der Waals surface area contributed by atoms with E-state index < -0.39 is 0 Å². The number of carbonyl (C=O) groups is 1. The topological polar surface area (TPSA) is 110 Å². The van der Waals surface area contributed by atoms with Gasteiger partial charge in [0.15, 0.2) is 0 Å². The second kappa shape index (κ2) is 10.3. The number of pyridine rings is 1. The van der Waals surface area contributed by atoms with Gasteiger partial charge in [-0.25, -0.2) is 0 Å². The molecule has 0 aliphatic carbocycles. The zero-order valence-corrected chi connectivity index (χ0v) is 20.6. The van der Waals surface area contributed by atoms with E-state index in [0.717, 1.165) is 45.7 Å². The average molecular weight is 488 g/mol. The number of likely N-dealkylation sites (N-methyl/N-ethyl adjacent to an activating group) is 1. The highest BCUT2D eigenvalue weighted by Crippen LogP contribution is 2.28. The van der Waals surface area contributed by atoms with Gasteiger partial charge in [-0.05, 0) is 50.5 Å². The number of rotatable bonds is 4. The average Bonchev–Trinajstić information content (AvgIpc) is 3.44. The van der Waals surface area contributed by atoms with Gasteiger partial charge in [-0.15, -0.1) is 0 Å². The van der Waals surface area contributed by atoms with Crippen molar-refractivity contribution in [2.75, 3.05) is 40.4 Å². The van der Waals surface area contributed by atoms with E-state index in [1.807, 2.05) is 56.4 Å². The molecule has 0 unspecified atom stereocenters. The molecule has 0 atom stereocenters. The normalized spacial score (nSPS) is 14.6. The maximum absolute atomic E-state index is 12.7. The van der Waals surface area contributed by atoms with Crippen LogP contribution in [-0.4, -0.2) is 76.2 Å². The number of nitrogens with one attached hydrogen (secondary N) is 2. The number of aromatic nitrogens is 5. The van der Waals surface area contributed by atoms with Gasteiger partial charge in [-0.3, -0.25) is 19.6 Å². The standard InChI is InChI=1S/C26H29N7O3/c1-32(2)9-8-27-26(34)18-5-7-25-17(12-18)4-6-21-19-13-22(28-15-23(19)31-30-21)20-14-29-33(3)24(20)16-35-10-11-36-25/h4-7,12-15H,8-11,16H2,1-3H3,(H,27,34)(H,30,31)/b6-4+. The van der Waals surface area contributed by atoms with Crippen molar-refractivity contribution in [1.82, 2.24) is 35.2 Å². The van der Waals surface area contributed by atoms with Gasteiger partial charge in [0.1, 0.15) is 12.4 Å². The van der Waals surface area contributed by atoms with E-state index in [4.69, 9.17) is 9.47 Å². The van der Waals surface area contributed by atoms with Crippen LogP contribution in [0.4, 0.5) is 0 Å². The molecule has 36 heavy (non-hydrogen) atoms. The molecule has 4 aromatic rings. The maximum atomic E-state index is 12.7. The molecule has 0 fully saturated rings. The molecule has 0 spiro atoms. The lowest BCUT2D eigenvalue weighted by Crippen LogP contribution is -2.31. The summed E-state index contributed by atoms with van der Waals surface area (Å²) in [7, 11) is 5.83. The van der Waals surface area contributed by atoms with Gasteiger partial charge in [-0.1, -0.05) is 0 Å². The Morgan fingerprint density at radius 2 is 2.08 bits per heavy atom. The summed E-state index contributed by atoms with van der Waals surface area (Å²) in [5.74, 6) is 0.539. The first kappa shape index (κ1) is 23.7. The molecule has 0 saturated carbocycles. The summed E-state index contributed by atoms with van der Waals surface area (Å²) in [5.41, 5.74) is 5.59. The third-order valence-corrected chi connectivity index (χ3v) is 6.08. The first-order valence-corrected chi connectivity index (χ1v) is 11.8. The molecule has 3 aromatic heterocycles.